The third kappa shape index (κ3) is 14.8. The molecule has 1 aromatic rings. The van der Waals surface area contributed by atoms with Crippen LogP contribution in [0.4, 0.5) is 13.2 Å². The van der Waals surface area contributed by atoms with Gasteiger partial charge in [-0.15, -0.1) is 0 Å². The number of hydrogen-bond acceptors (Lipinski definition) is 3. The van der Waals surface area contributed by atoms with E-state index in [1.807, 2.05) is 0 Å². The van der Waals surface area contributed by atoms with Gasteiger partial charge in [0.1, 0.15) is 6.54 Å². The van der Waals surface area contributed by atoms with Crippen LogP contribution >= 0.6 is 0 Å². The molecule has 0 bridgehead atoms. The molecule has 0 N–H and O–H groups in total. The lowest BCUT2D eigenvalue weighted by Crippen LogP contribution is -2.37. The van der Waals surface area contributed by atoms with E-state index in [1.165, 1.54) is 95.7 Å². The molecule has 0 saturated heterocycles. The summed E-state index contributed by atoms with van der Waals surface area (Å²) in [5.41, 5.74) is -4.13. The van der Waals surface area contributed by atoms with E-state index in [9.17, 15) is 13.2 Å². The number of pyridine rings is 1. The molecule has 176 valence electrons. The average molecular weight is 454 g/mol. The predicted molar refractivity (Wildman–Crippen MR) is 113 cm³/mol. The summed E-state index contributed by atoms with van der Waals surface area (Å²) in [5, 5.41) is 0. The van der Waals surface area contributed by atoms with Crippen LogP contribution in [-0.2, 0) is 23.1 Å². The van der Waals surface area contributed by atoms with Crippen LogP contribution in [0.5, 0.6) is 0 Å². The summed E-state index contributed by atoms with van der Waals surface area (Å²) in [4.78, 5) is 0. The van der Waals surface area contributed by atoms with Crippen molar-refractivity contribution >= 4 is 10.1 Å². The zero-order valence-corrected chi connectivity index (χ0v) is 19.2. The number of unbranched alkanes of at least 4 members (excludes halogenated alkanes) is 10. The fourth-order valence-corrected chi connectivity index (χ4v) is 3.08. The van der Waals surface area contributed by atoms with Gasteiger partial charge in [-0.2, -0.15) is 13.2 Å². The normalized spacial score (nSPS) is 11.8. The second kappa shape index (κ2) is 16.5. The quantitative estimate of drug-likeness (QED) is 0.144. The Morgan fingerprint density at radius 2 is 1.30 bits per heavy atom. The van der Waals surface area contributed by atoms with Gasteiger partial charge in [0.2, 0.25) is 0 Å². The topological polar surface area (TPSA) is 61.1 Å². The van der Waals surface area contributed by atoms with Crippen molar-refractivity contribution in [2.24, 2.45) is 0 Å². The first kappa shape index (κ1) is 28.9. The Balaban J connectivity index is 0.000000890. The minimum Gasteiger partial charge on any atom is -0.741 e. The molecule has 1 heterocycles. The Labute approximate surface area is 180 Å². The summed E-state index contributed by atoms with van der Waals surface area (Å²) in [6.45, 7) is 5.77. The summed E-state index contributed by atoms with van der Waals surface area (Å²) in [6, 6.07) is 6.65. The maximum atomic E-state index is 10.7. The van der Waals surface area contributed by atoms with Crippen LogP contribution in [0.2, 0.25) is 0 Å². The van der Waals surface area contributed by atoms with Crippen LogP contribution in [0.3, 0.4) is 0 Å². The minimum atomic E-state index is -6.09. The Bertz CT molecular complexity index is 649. The highest BCUT2D eigenvalue weighted by molar-refractivity contribution is 7.86. The van der Waals surface area contributed by atoms with Gasteiger partial charge in [-0.25, -0.2) is 13.0 Å². The highest BCUT2D eigenvalue weighted by atomic mass is 32.2. The van der Waals surface area contributed by atoms with Gasteiger partial charge in [-0.3, -0.25) is 0 Å². The van der Waals surface area contributed by atoms with Crippen molar-refractivity contribution in [1.82, 2.24) is 0 Å². The van der Waals surface area contributed by atoms with Gasteiger partial charge in [0.25, 0.3) is 0 Å². The lowest BCUT2D eigenvalue weighted by Gasteiger charge is -2.08. The third-order valence-electron chi connectivity index (χ3n) is 4.86. The molecule has 0 aliphatic rings. The molecule has 0 spiro atoms. The highest BCUT2D eigenvalue weighted by Gasteiger charge is 2.36. The minimum absolute atomic E-state index is 1.20. The zero-order valence-electron chi connectivity index (χ0n) is 18.4. The van der Waals surface area contributed by atoms with E-state index in [4.69, 9.17) is 13.0 Å². The number of halogens is 3. The summed E-state index contributed by atoms with van der Waals surface area (Å²) in [5.74, 6) is 0. The van der Waals surface area contributed by atoms with Crippen LogP contribution in [0, 0.1) is 0 Å². The maximum Gasteiger partial charge on any atom is 0.485 e. The number of aromatic nitrogens is 1. The molecule has 8 heteroatoms. The van der Waals surface area contributed by atoms with Crippen LogP contribution in [-0.4, -0.2) is 18.5 Å². The Morgan fingerprint density at radius 3 is 1.77 bits per heavy atom. The number of alkyl halides is 3. The molecule has 0 aliphatic carbocycles. The lowest BCUT2D eigenvalue weighted by atomic mass is 10.1. The standard InChI is InChI=1S/C21H38N.CHF3O3S/c1-3-5-7-8-9-10-11-12-13-15-19-22-20-16-14-18-21(22)17-6-4-2;2-1(3,4)8(5,6)7/h14,16,18,20H,3-13,15,17,19H2,1-2H3;(H,5,6,7)/q+1;/p-1. The van der Waals surface area contributed by atoms with Gasteiger partial charge in [-0.05, 0) is 12.8 Å². The van der Waals surface area contributed by atoms with Crippen molar-refractivity contribution in [1.29, 1.82) is 0 Å². The monoisotopic (exact) mass is 453 g/mol. The van der Waals surface area contributed by atoms with Crippen LogP contribution < -0.4 is 4.57 Å². The van der Waals surface area contributed by atoms with Gasteiger partial charge in [-0.1, -0.05) is 77.7 Å². The van der Waals surface area contributed by atoms with E-state index >= 15 is 0 Å². The molecule has 0 atom stereocenters. The number of aryl methyl sites for hydroxylation is 2. The number of rotatable bonds is 14. The Hall–Kier alpha value is -1.15. The molecule has 1 rings (SSSR count). The fourth-order valence-electron chi connectivity index (χ4n) is 3.08. The van der Waals surface area contributed by atoms with E-state index in [0.29, 0.717) is 0 Å². The Morgan fingerprint density at radius 1 is 0.833 bits per heavy atom. The molecule has 0 saturated carbocycles. The number of nitrogens with zero attached hydrogens (tertiary/aromatic N) is 1. The predicted octanol–water partition coefficient (Wildman–Crippen LogP) is 6.29. The average Bonchev–Trinajstić information content (AvgIpc) is 2.67. The van der Waals surface area contributed by atoms with Crippen LogP contribution in [0.15, 0.2) is 24.4 Å². The van der Waals surface area contributed by atoms with Gasteiger partial charge < -0.3 is 4.55 Å². The third-order valence-corrected chi connectivity index (χ3v) is 5.42. The summed E-state index contributed by atoms with van der Waals surface area (Å²) in [6.07, 6.45) is 20.3. The van der Waals surface area contributed by atoms with Gasteiger partial charge in [0.05, 0.1) is 0 Å². The van der Waals surface area contributed by atoms with E-state index in [2.05, 4.69) is 42.8 Å². The van der Waals surface area contributed by atoms with Crippen molar-refractivity contribution in [2.75, 3.05) is 0 Å². The maximum absolute atomic E-state index is 10.7. The summed E-state index contributed by atoms with van der Waals surface area (Å²) < 4.78 is 61.4. The second-order valence-corrected chi connectivity index (χ2v) is 8.94. The number of hydrogen-bond donors (Lipinski definition) is 0. The second-order valence-electron chi connectivity index (χ2n) is 7.57. The molecule has 0 fully saturated rings. The smallest absolute Gasteiger partial charge is 0.485 e. The van der Waals surface area contributed by atoms with E-state index in [-0.39, 0.29) is 0 Å². The van der Waals surface area contributed by atoms with E-state index in [1.54, 1.807) is 0 Å². The van der Waals surface area contributed by atoms with E-state index in [0.717, 1.165) is 0 Å². The molecule has 0 unspecified atom stereocenters. The van der Waals surface area contributed by atoms with Gasteiger partial charge in [0.15, 0.2) is 22.0 Å². The van der Waals surface area contributed by atoms with Crippen LogP contribution in [0.25, 0.3) is 0 Å². The SMILES string of the molecule is CCCCCCCCCCCC[n+]1ccccc1CCCC.O=S(=O)([O-])C(F)(F)F. The van der Waals surface area contributed by atoms with Crippen molar-refractivity contribution in [3.05, 3.63) is 30.1 Å². The van der Waals surface area contributed by atoms with Crippen molar-refractivity contribution in [3.8, 4) is 0 Å². The Kier molecular flexibility index (Phi) is 15.9. The van der Waals surface area contributed by atoms with Crippen LogP contribution in [0.1, 0.15) is 96.6 Å². The fraction of sp³-hybridized carbons (Fsp3) is 0.773. The van der Waals surface area contributed by atoms with Gasteiger partial charge >= 0.3 is 5.51 Å². The summed E-state index contributed by atoms with van der Waals surface area (Å²) in [7, 11) is -6.09. The molecule has 4 nitrogen and oxygen atoms in total. The molecule has 0 radical (unpaired) electrons. The molecule has 0 aliphatic heterocycles. The molecule has 1 aromatic heterocycles. The molecular formula is C22H38F3NO3S. The van der Waals surface area contributed by atoms with Crippen molar-refractivity contribution in [3.63, 3.8) is 0 Å². The van der Waals surface area contributed by atoms with E-state index < -0.39 is 15.6 Å². The highest BCUT2D eigenvalue weighted by Crippen LogP contribution is 2.20. The molecule has 30 heavy (non-hydrogen) atoms. The van der Waals surface area contributed by atoms with Gasteiger partial charge in [0, 0.05) is 25.0 Å². The first-order valence-electron chi connectivity index (χ1n) is 11.1. The zero-order chi connectivity index (χ0) is 22.9. The molecule has 0 amide bonds. The first-order chi connectivity index (χ1) is 14.1. The summed E-state index contributed by atoms with van der Waals surface area (Å²) >= 11 is 0. The van der Waals surface area contributed by atoms with Crippen molar-refractivity contribution in [2.45, 2.75) is 109 Å². The molecular weight excluding hydrogens is 415 g/mol. The van der Waals surface area contributed by atoms with Crippen molar-refractivity contribution < 1.29 is 30.7 Å². The first-order valence-corrected chi connectivity index (χ1v) is 12.5. The molecule has 0 aromatic carbocycles. The largest absolute Gasteiger partial charge is 0.741 e. The lowest BCUT2D eigenvalue weighted by molar-refractivity contribution is -0.704.